The van der Waals surface area contributed by atoms with Crippen molar-refractivity contribution in [3.8, 4) is 5.69 Å². The molecule has 4 aromatic rings. The highest BCUT2D eigenvalue weighted by Crippen LogP contribution is 2.23. The molecule has 0 saturated carbocycles. The van der Waals surface area contributed by atoms with Gasteiger partial charge in [0.1, 0.15) is 12.1 Å². The Hall–Kier alpha value is -3.67. The Labute approximate surface area is 181 Å². The zero-order valence-corrected chi connectivity index (χ0v) is 17.8. The van der Waals surface area contributed by atoms with Gasteiger partial charge in [-0.15, -0.1) is 0 Å². The van der Waals surface area contributed by atoms with Crippen LogP contribution < -0.4 is 5.32 Å². The fourth-order valence-corrected chi connectivity index (χ4v) is 3.53. The number of urea groups is 1. The summed E-state index contributed by atoms with van der Waals surface area (Å²) in [5, 5.41) is 2.86. The molecule has 1 heterocycles. The fourth-order valence-electron chi connectivity index (χ4n) is 3.53. The Kier molecular flexibility index (Phi) is 5.71. The summed E-state index contributed by atoms with van der Waals surface area (Å²) in [5.41, 5.74) is 5.35. The molecule has 0 spiro atoms. The summed E-state index contributed by atoms with van der Waals surface area (Å²) in [6, 6.07) is 20.8. The van der Waals surface area contributed by atoms with Gasteiger partial charge in [-0.1, -0.05) is 36.4 Å². The normalized spacial score (nSPS) is 12.0. The van der Waals surface area contributed by atoms with Gasteiger partial charge >= 0.3 is 6.03 Å². The van der Waals surface area contributed by atoms with Gasteiger partial charge in [0.2, 0.25) is 0 Å². The molecular formula is C25H25FN4O. The zero-order chi connectivity index (χ0) is 22.0. The van der Waals surface area contributed by atoms with Gasteiger partial charge < -0.3 is 10.2 Å². The van der Waals surface area contributed by atoms with Gasteiger partial charge in [0.25, 0.3) is 0 Å². The molecule has 0 aliphatic carbocycles. The van der Waals surface area contributed by atoms with E-state index in [2.05, 4.69) is 10.3 Å². The molecule has 1 aromatic heterocycles. The van der Waals surface area contributed by atoms with Gasteiger partial charge in [-0.25, -0.2) is 14.2 Å². The van der Waals surface area contributed by atoms with E-state index in [4.69, 9.17) is 0 Å². The molecule has 1 N–H and O–H groups in total. The molecule has 1 unspecified atom stereocenters. The molecule has 0 aliphatic heterocycles. The summed E-state index contributed by atoms with van der Waals surface area (Å²) in [6.07, 6.45) is 1.82. The maximum atomic E-state index is 13.7. The van der Waals surface area contributed by atoms with E-state index < -0.39 is 0 Å². The van der Waals surface area contributed by atoms with E-state index >= 15 is 0 Å². The van der Waals surface area contributed by atoms with Crippen LogP contribution in [0.5, 0.6) is 0 Å². The maximum absolute atomic E-state index is 13.7. The lowest BCUT2D eigenvalue weighted by atomic mass is 10.1. The van der Waals surface area contributed by atoms with E-state index in [1.807, 2.05) is 72.4 Å². The molecule has 158 valence electrons. The second-order valence-electron chi connectivity index (χ2n) is 7.72. The number of halogens is 1. The van der Waals surface area contributed by atoms with E-state index in [1.165, 1.54) is 6.07 Å². The van der Waals surface area contributed by atoms with Crippen molar-refractivity contribution < 1.29 is 9.18 Å². The van der Waals surface area contributed by atoms with Crippen molar-refractivity contribution in [3.05, 3.63) is 95.6 Å². The van der Waals surface area contributed by atoms with Crippen LogP contribution in [0, 0.1) is 12.7 Å². The standard InChI is InChI=1S/C25H25FN4O/c1-17-8-9-19(14-22(17)26)15-27-25(31)29(3)18(2)20-10-12-21(13-11-20)30-16-28-23-6-4-5-7-24(23)30/h4-14,16,18H,15H2,1-3H3,(H,27,31). The van der Waals surface area contributed by atoms with E-state index in [0.717, 1.165) is 27.8 Å². The Morgan fingerprint density at radius 1 is 1.13 bits per heavy atom. The second-order valence-corrected chi connectivity index (χ2v) is 7.72. The summed E-state index contributed by atoms with van der Waals surface area (Å²) in [4.78, 5) is 18.7. The van der Waals surface area contributed by atoms with E-state index in [1.54, 1.807) is 24.9 Å². The number of fused-ring (bicyclic) bond motifs is 1. The Morgan fingerprint density at radius 2 is 1.87 bits per heavy atom. The van der Waals surface area contributed by atoms with Crippen LogP contribution >= 0.6 is 0 Å². The van der Waals surface area contributed by atoms with Crippen molar-refractivity contribution in [3.63, 3.8) is 0 Å². The molecule has 1 atom stereocenters. The lowest BCUT2D eigenvalue weighted by Crippen LogP contribution is -2.38. The number of aromatic nitrogens is 2. The third kappa shape index (κ3) is 4.28. The number of carbonyl (C=O) groups is 1. The number of benzene rings is 3. The number of carbonyl (C=O) groups excluding carboxylic acids is 1. The molecular weight excluding hydrogens is 391 g/mol. The SMILES string of the molecule is Cc1ccc(CNC(=O)N(C)C(C)c2ccc(-n3cnc4ccccc43)cc2)cc1F. The second kappa shape index (κ2) is 8.60. The monoisotopic (exact) mass is 416 g/mol. The number of para-hydroxylation sites is 2. The molecule has 4 rings (SSSR count). The highest BCUT2D eigenvalue weighted by molar-refractivity contribution is 5.77. The van der Waals surface area contributed by atoms with Gasteiger partial charge in [0.05, 0.1) is 17.1 Å². The molecule has 31 heavy (non-hydrogen) atoms. The number of nitrogens with zero attached hydrogens (tertiary/aromatic N) is 3. The summed E-state index contributed by atoms with van der Waals surface area (Å²) in [7, 11) is 1.76. The molecule has 3 aromatic carbocycles. The number of amides is 2. The topological polar surface area (TPSA) is 50.2 Å². The van der Waals surface area contributed by atoms with Crippen LogP contribution in [0.2, 0.25) is 0 Å². The number of imidazole rings is 1. The van der Waals surface area contributed by atoms with Gasteiger partial charge in [-0.3, -0.25) is 4.57 Å². The molecule has 0 aliphatic rings. The first kappa shape index (κ1) is 20.6. The minimum absolute atomic E-state index is 0.122. The van der Waals surface area contributed by atoms with Crippen molar-refractivity contribution in [2.75, 3.05) is 7.05 Å². The number of hydrogen-bond donors (Lipinski definition) is 1. The molecule has 0 saturated heterocycles. The summed E-state index contributed by atoms with van der Waals surface area (Å²) in [6.45, 7) is 3.97. The third-order valence-corrected chi connectivity index (χ3v) is 5.69. The molecule has 0 radical (unpaired) electrons. The van der Waals surface area contributed by atoms with Crippen molar-refractivity contribution in [2.45, 2.75) is 26.4 Å². The Bertz CT molecular complexity index is 1220. The highest BCUT2D eigenvalue weighted by Gasteiger charge is 2.17. The van der Waals surface area contributed by atoms with E-state index in [-0.39, 0.29) is 24.4 Å². The lowest BCUT2D eigenvalue weighted by Gasteiger charge is -2.26. The summed E-state index contributed by atoms with van der Waals surface area (Å²) in [5.74, 6) is -0.265. The number of aryl methyl sites for hydroxylation is 1. The summed E-state index contributed by atoms with van der Waals surface area (Å²) < 4.78 is 15.7. The number of rotatable bonds is 5. The lowest BCUT2D eigenvalue weighted by molar-refractivity contribution is 0.194. The molecule has 6 heteroatoms. The van der Waals surface area contributed by atoms with Crippen LogP contribution in [0.1, 0.15) is 29.7 Å². The largest absolute Gasteiger partial charge is 0.334 e. The van der Waals surface area contributed by atoms with Crippen LogP contribution in [0.4, 0.5) is 9.18 Å². The Morgan fingerprint density at radius 3 is 2.61 bits per heavy atom. The average molecular weight is 417 g/mol. The van der Waals surface area contributed by atoms with Crippen molar-refractivity contribution in [1.29, 1.82) is 0 Å². The molecule has 0 bridgehead atoms. The van der Waals surface area contributed by atoms with Gasteiger partial charge in [-0.05, 0) is 60.9 Å². The smallest absolute Gasteiger partial charge is 0.317 e. The van der Waals surface area contributed by atoms with Crippen LogP contribution in [-0.4, -0.2) is 27.5 Å². The predicted octanol–water partition coefficient (Wildman–Crippen LogP) is 5.38. The van der Waals surface area contributed by atoms with Crippen LogP contribution in [0.15, 0.2) is 73.1 Å². The van der Waals surface area contributed by atoms with Crippen molar-refractivity contribution in [2.24, 2.45) is 0 Å². The predicted molar refractivity (Wildman–Crippen MR) is 121 cm³/mol. The first-order valence-corrected chi connectivity index (χ1v) is 10.2. The van der Waals surface area contributed by atoms with E-state index in [0.29, 0.717) is 5.56 Å². The summed E-state index contributed by atoms with van der Waals surface area (Å²) >= 11 is 0. The fraction of sp³-hybridized carbons (Fsp3) is 0.200. The average Bonchev–Trinajstić information content (AvgIpc) is 3.23. The number of hydrogen-bond acceptors (Lipinski definition) is 2. The maximum Gasteiger partial charge on any atom is 0.317 e. The molecule has 2 amide bonds. The van der Waals surface area contributed by atoms with Crippen molar-refractivity contribution in [1.82, 2.24) is 19.8 Å². The molecule has 5 nitrogen and oxygen atoms in total. The third-order valence-electron chi connectivity index (χ3n) is 5.69. The highest BCUT2D eigenvalue weighted by atomic mass is 19.1. The van der Waals surface area contributed by atoms with E-state index in [9.17, 15) is 9.18 Å². The van der Waals surface area contributed by atoms with Crippen LogP contribution in [-0.2, 0) is 6.54 Å². The van der Waals surface area contributed by atoms with Gasteiger partial charge in [0, 0.05) is 19.3 Å². The minimum atomic E-state index is -0.265. The van der Waals surface area contributed by atoms with Gasteiger partial charge in [-0.2, -0.15) is 0 Å². The number of nitrogens with one attached hydrogen (secondary N) is 1. The molecule has 0 fully saturated rings. The van der Waals surface area contributed by atoms with Gasteiger partial charge in [0.15, 0.2) is 0 Å². The zero-order valence-electron chi connectivity index (χ0n) is 17.8. The van der Waals surface area contributed by atoms with Crippen LogP contribution in [0.25, 0.3) is 16.7 Å². The Balaban J connectivity index is 1.42. The van der Waals surface area contributed by atoms with Crippen LogP contribution in [0.3, 0.4) is 0 Å². The quantitative estimate of drug-likeness (QED) is 0.475. The first-order valence-electron chi connectivity index (χ1n) is 10.2. The first-order chi connectivity index (χ1) is 14.9. The van der Waals surface area contributed by atoms with Crippen molar-refractivity contribution >= 4 is 17.1 Å². The minimum Gasteiger partial charge on any atom is -0.334 e.